The van der Waals surface area contributed by atoms with Gasteiger partial charge in [0.2, 0.25) is 0 Å². The maximum absolute atomic E-state index is 9.85. The lowest BCUT2D eigenvalue weighted by Crippen LogP contribution is -2.03. The van der Waals surface area contributed by atoms with Crippen molar-refractivity contribution in [3.63, 3.8) is 0 Å². The van der Waals surface area contributed by atoms with Crippen LogP contribution in [0.25, 0.3) is 0 Å². The summed E-state index contributed by atoms with van der Waals surface area (Å²) in [5.74, 6) is 0.256. The van der Waals surface area contributed by atoms with Gasteiger partial charge in [-0.15, -0.1) is 0 Å². The predicted octanol–water partition coefficient (Wildman–Crippen LogP) is 2.21. The van der Waals surface area contributed by atoms with Gasteiger partial charge in [0, 0.05) is 5.56 Å². The molecule has 0 spiro atoms. The van der Waals surface area contributed by atoms with Crippen LogP contribution in [0.15, 0.2) is 17.0 Å². The summed E-state index contributed by atoms with van der Waals surface area (Å²) in [4.78, 5) is 0.409. The minimum Gasteiger partial charge on any atom is -0.508 e. The quantitative estimate of drug-likeness (QED) is 0.269. The van der Waals surface area contributed by atoms with Gasteiger partial charge in [0.15, 0.2) is 5.17 Å². The molecule has 0 radical (unpaired) electrons. The Morgan fingerprint density at radius 3 is 2.47 bits per heavy atom. The molecule has 0 unspecified atom stereocenters. The van der Waals surface area contributed by atoms with E-state index in [1.54, 1.807) is 0 Å². The van der Waals surface area contributed by atoms with E-state index in [1.807, 2.05) is 13.8 Å². The lowest BCUT2D eigenvalue weighted by molar-refractivity contribution is 0.439. The number of aromatic hydroxyl groups is 2. The second-order valence-electron chi connectivity index (χ2n) is 3.50. The Bertz CT molecular complexity index is 391. The number of rotatable bonds is 2. The number of nitrogens with one attached hydrogen (secondary N) is 1. The number of phenolic OH excluding ortho intramolecular Hbond substituents is 2. The van der Waals surface area contributed by atoms with E-state index in [1.165, 1.54) is 12.1 Å². The molecule has 15 heavy (non-hydrogen) atoms. The normalized spacial score (nSPS) is 10.6. The van der Waals surface area contributed by atoms with E-state index in [-0.39, 0.29) is 22.6 Å². The predicted molar refractivity (Wildman–Crippen MR) is 61.6 cm³/mol. The van der Waals surface area contributed by atoms with Gasteiger partial charge in [-0.2, -0.15) is 0 Å². The Labute approximate surface area is 92.6 Å². The third-order valence-electron chi connectivity index (χ3n) is 1.93. The van der Waals surface area contributed by atoms with Crippen molar-refractivity contribution < 1.29 is 10.2 Å². The lowest BCUT2D eigenvalue weighted by atomic mass is 10.0. The molecule has 0 aliphatic heterocycles. The van der Waals surface area contributed by atoms with Crippen LogP contribution >= 0.6 is 11.8 Å². The Morgan fingerprint density at radius 1 is 1.40 bits per heavy atom. The largest absolute Gasteiger partial charge is 0.508 e. The molecule has 1 rings (SSSR count). The van der Waals surface area contributed by atoms with Crippen molar-refractivity contribution >= 4 is 16.9 Å². The maximum Gasteiger partial charge on any atom is 0.156 e. The zero-order chi connectivity index (χ0) is 11.6. The third kappa shape index (κ3) is 2.79. The average molecular weight is 226 g/mol. The number of amidine groups is 1. The molecule has 0 aliphatic carbocycles. The van der Waals surface area contributed by atoms with E-state index in [4.69, 9.17) is 11.1 Å². The molecule has 0 atom stereocenters. The summed E-state index contributed by atoms with van der Waals surface area (Å²) in [6.45, 7) is 3.83. The minimum absolute atomic E-state index is 0.0697. The van der Waals surface area contributed by atoms with Gasteiger partial charge in [-0.25, -0.2) is 0 Å². The molecular formula is C10H14N2O2S. The zero-order valence-corrected chi connectivity index (χ0v) is 9.43. The molecule has 4 nitrogen and oxygen atoms in total. The van der Waals surface area contributed by atoms with E-state index in [9.17, 15) is 10.2 Å². The van der Waals surface area contributed by atoms with Crippen molar-refractivity contribution in [1.82, 2.24) is 0 Å². The highest BCUT2D eigenvalue weighted by Crippen LogP contribution is 2.38. The molecule has 0 amide bonds. The lowest BCUT2D eigenvalue weighted by Gasteiger charge is -2.12. The summed E-state index contributed by atoms with van der Waals surface area (Å²) >= 11 is 0.922. The highest BCUT2D eigenvalue weighted by molar-refractivity contribution is 8.13. The van der Waals surface area contributed by atoms with Crippen LogP contribution < -0.4 is 5.73 Å². The van der Waals surface area contributed by atoms with Crippen LogP contribution in [0, 0.1) is 5.41 Å². The molecule has 5 heteroatoms. The second-order valence-corrected chi connectivity index (χ2v) is 4.59. The number of phenols is 2. The molecular weight excluding hydrogens is 212 g/mol. The van der Waals surface area contributed by atoms with Crippen LogP contribution in [0.1, 0.15) is 25.3 Å². The van der Waals surface area contributed by atoms with Crippen molar-refractivity contribution in [1.29, 1.82) is 5.41 Å². The molecule has 0 aromatic heterocycles. The summed E-state index contributed by atoms with van der Waals surface area (Å²) in [5, 5.41) is 26.3. The second kappa shape index (κ2) is 4.44. The SMILES string of the molecule is CC(C)c1cc(O)cc(SC(=N)N)c1O. The van der Waals surface area contributed by atoms with Gasteiger partial charge in [0.1, 0.15) is 11.5 Å². The fraction of sp³-hybridized carbons (Fsp3) is 0.300. The maximum atomic E-state index is 9.85. The minimum atomic E-state index is -0.120. The van der Waals surface area contributed by atoms with Gasteiger partial charge in [-0.1, -0.05) is 13.8 Å². The van der Waals surface area contributed by atoms with Gasteiger partial charge in [-0.05, 0) is 29.8 Å². The number of hydrogen-bond acceptors (Lipinski definition) is 4. The molecule has 0 saturated heterocycles. The van der Waals surface area contributed by atoms with E-state index < -0.39 is 0 Å². The molecule has 0 fully saturated rings. The first-order valence-corrected chi connectivity index (χ1v) is 5.31. The molecule has 0 aliphatic rings. The van der Waals surface area contributed by atoms with Gasteiger partial charge < -0.3 is 15.9 Å². The van der Waals surface area contributed by atoms with Crippen LogP contribution in [0.5, 0.6) is 11.5 Å². The van der Waals surface area contributed by atoms with Gasteiger partial charge >= 0.3 is 0 Å². The molecule has 5 N–H and O–H groups in total. The summed E-state index contributed by atoms with van der Waals surface area (Å²) < 4.78 is 0. The monoisotopic (exact) mass is 226 g/mol. The van der Waals surface area contributed by atoms with Crippen molar-refractivity contribution in [3.05, 3.63) is 17.7 Å². The van der Waals surface area contributed by atoms with Crippen LogP contribution in [-0.2, 0) is 0 Å². The summed E-state index contributed by atoms with van der Waals surface area (Å²) in [6, 6.07) is 2.91. The van der Waals surface area contributed by atoms with Crippen LogP contribution in [-0.4, -0.2) is 15.4 Å². The Kier molecular flexibility index (Phi) is 3.47. The summed E-state index contributed by atoms with van der Waals surface area (Å²) in [5.41, 5.74) is 5.87. The zero-order valence-electron chi connectivity index (χ0n) is 8.61. The summed E-state index contributed by atoms with van der Waals surface area (Å²) in [6.07, 6.45) is 0. The number of thioether (sulfide) groups is 1. The van der Waals surface area contributed by atoms with Crippen molar-refractivity contribution in [2.24, 2.45) is 5.73 Å². The van der Waals surface area contributed by atoms with Crippen molar-refractivity contribution in [3.8, 4) is 11.5 Å². The molecule has 0 saturated carbocycles. The smallest absolute Gasteiger partial charge is 0.156 e. The van der Waals surface area contributed by atoms with Crippen LogP contribution in [0.3, 0.4) is 0 Å². The van der Waals surface area contributed by atoms with Gasteiger partial charge in [0.25, 0.3) is 0 Å². The first kappa shape index (κ1) is 11.7. The fourth-order valence-electron chi connectivity index (χ4n) is 1.25. The van der Waals surface area contributed by atoms with Crippen LogP contribution in [0.4, 0.5) is 0 Å². The highest BCUT2D eigenvalue weighted by atomic mass is 32.2. The molecule has 0 bridgehead atoms. The van der Waals surface area contributed by atoms with Gasteiger partial charge in [-0.3, -0.25) is 5.41 Å². The van der Waals surface area contributed by atoms with Crippen molar-refractivity contribution in [2.75, 3.05) is 0 Å². The molecule has 1 aromatic rings. The summed E-state index contributed by atoms with van der Waals surface area (Å²) in [7, 11) is 0. The van der Waals surface area contributed by atoms with E-state index >= 15 is 0 Å². The van der Waals surface area contributed by atoms with E-state index in [2.05, 4.69) is 0 Å². The van der Waals surface area contributed by atoms with E-state index in [0.29, 0.717) is 10.5 Å². The number of benzene rings is 1. The van der Waals surface area contributed by atoms with Gasteiger partial charge in [0.05, 0.1) is 4.90 Å². The van der Waals surface area contributed by atoms with Crippen molar-refractivity contribution in [2.45, 2.75) is 24.7 Å². The first-order valence-electron chi connectivity index (χ1n) is 4.49. The number of nitrogens with two attached hydrogens (primary N) is 1. The average Bonchev–Trinajstić information content (AvgIpc) is 2.09. The molecule has 0 heterocycles. The molecule has 82 valence electrons. The molecule has 1 aromatic carbocycles. The third-order valence-corrected chi connectivity index (χ3v) is 2.68. The highest BCUT2D eigenvalue weighted by Gasteiger charge is 2.13. The first-order chi connectivity index (χ1) is 6.91. The van der Waals surface area contributed by atoms with Crippen LogP contribution in [0.2, 0.25) is 0 Å². The Balaban J connectivity index is 3.21. The topological polar surface area (TPSA) is 90.3 Å². The Hall–Kier alpha value is -1.36. The Morgan fingerprint density at radius 2 is 2.00 bits per heavy atom. The number of hydrogen-bond donors (Lipinski definition) is 4. The van der Waals surface area contributed by atoms with E-state index in [0.717, 1.165) is 11.8 Å². The fourth-order valence-corrected chi connectivity index (χ4v) is 1.88. The standard InChI is InChI=1S/C10H14N2O2S/c1-5(2)7-3-6(13)4-8(9(7)14)15-10(11)12/h3-5,13-14H,1-2H3,(H3,11,12).